The van der Waals surface area contributed by atoms with Crippen LogP contribution in [0.3, 0.4) is 0 Å². The number of ether oxygens (including phenoxy) is 2. The normalized spacial score (nSPS) is 14.6. The number of alkyl carbamates (subject to hydrolysis) is 1. The number of aliphatic hydroxyl groups excluding tert-OH is 1. The number of aliphatic hydroxyl groups is 1. The summed E-state index contributed by atoms with van der Waals surface area (Å²) in [5, 5.41) is 12.2. The van der Waals surface area contributed by atoms with Crippen LogP contribution in [0.15, 0.2) is 0 Å². The minimum absolute atomic E-state index is 0.162. The Labute approximate surface area is 108 Å². The van der Waals surface area contributed by atoms with Crippen molar-refractivity contribution in [1.29, 1.82) is 0 Å². The number of rotatable bonds is 5. The van der Waals surface area contributed by atoms with E-state index in [4.69, 9.17) is 9.47 Å². The van der Waals surface area contributed by atoms with E-state index in [2.05, 4.69) is 5.32 Å². The highest BCUT2D eigenvalue weighted by Crippen LogP contribution is 2.08. The lowest BCUT2D eigenvalue weighted by Crippen LogP contribution is -2.44. The zero-order valence-electron chi connectivity index (χ0n) is 11.6. The van der Waals surface area contributed by atoms with Crippen molar-refractivity contribution in [2.75, 3.05) is 6.61 Å². The third kappa shape index (κ3) is 7.89. The maximum absolute atomic E-state index is 11.4. The van der Waals surface area contributed by atoms with Crippen molar-refractivity contribution in [2.24, 2.45) is 0 Å². The fourth-order valence-corrected chi connectivity index (χ4v) is 1.16. The van der Waals surface area contributed by atoms with Gasteiger partial charge in [-0.15, -0.1) is 0 Å². The van der Waals surface area contributed by atoms with E-state index in [-0.39, 0.29) is 13.0 Å². The predicted molar refractivity (Wildman–Crippen MR) is 66.1 cm³/mol. The Kier molecular flexibility index (Phi) is 6.68. The standard InChI is InChI=1S/C12H23NO5/c1-6-17-10(15)7-9(14)8(2)13-11(16)18-12(3,4)5/h8-9,14H,6-7H2,1-5H3,(H,13,16). The molecule has 1 amide bonds. The smallest absolute Gasteiger partial charge is 0.407 e. The maximum Gasteiger partial charge on any atom is 0.407 e. The van der Waals surface area contributed by atoms with Gasteiger partial charge in [-0.2, -0.15) is 0 Å². The summed E-state index contributed by atoms with van der Waals surface area (Å²) in [6.45, 7) is 8.77. The fourth-order valence-electron chi connectivity index (χ4n) is 1.16. The van der Waals surface area contributed by atoms with Crippen LogP contribution in [-0.4, -0.2) is 41.5 Å². The van der Waals surface area contributed by atoms with Gasteiger partial charge in [-0.25, -0.2) is 4.79 Å². The largest absolute Gasteiger partial charge is 0.466 e. The summed E-state index contributed by atoms with van der Waals surface area (Å²) >= 11 is 0. The van der Waals surface area contributed by atoms with Crippen LogP contribution in [0.2, 0.25) is 0 Å². The molecule has 0 aliphatic rings. The van der Waals surface area contributed by atoms with Crippen molar-refractivity contribution < 1.29 is 24.2 Å². The lowest BCUT2D eigenvalue weighted by atomic mass is 10.1. The second kappa shape index (κ2) is 7.20. The molecule has 2 N–H and O–H groups in total. The number of carbonyl (C=O) groups excluding carboxylic acids is 2. The van der Waals surface area contributed by atoms with Crippen molar-refractivity contribution in [3.05, 3.63) is 0 Å². The van der Waals surface area contributed by atoms with E-state index in [1.807, 2.05) is 0 Å². The Hall–Kier alpha value is -1.30. The highest BCUT2D eigenvalue weighted by atomic mass is 16.6. The molecule has 0 aromatic heterocycles. The summed E-state index contributed by atoms with van der Waals surface area (Å²) in [5.41, 5.74) is -0.601. The number of amides is 1. The summed E-state index contributed by atoms with van der Waals surface area (Å²) in [5.74, 6) is -0.497. The highest BCUT2D eigenvalue weighted by Gasteiger charge is 2.23. The third-order valence-corrected chi connectivity index (χ3v) is 2.00. The van der Waals surface area contributed by atoms with Crippen molar-refractivity contribution in [1.82, 2.24) is 5.32 Å². The van der Waals surface area contributed by atoms with E-state index in [1.165, 1.54) is 0 Å². The van der Waals surface area contributed by atoms with E-state index in [0.717, 1.165) is 0 Å². The lowest BCUT2D eigenvalue weighted by Gasteiger charge is -2.24. The summed E-state index contributed by atoms with van der Waals surface area (Å²) < 4.78 is 9.74. The van der Waals surface area contributed by atoms with Gasteiger partial charge in [0.05, 0.1) is 25.2 Å². The van der Waals surface area contributed by atoms with Gasteiger partial charge in [0.25, 0.3) is 0 Å². The van der Waals surface area contributed by atoms with Crippen LogP contribution in [-0.2, 0) is 14.3 Å². The van der Waals surface area contributed by atoms with Crippen LogP contribution >= 0.6 is 0 Å². The summed E-state index contributed by atoms with van der Waals surface area (Å²) in [6, 6.07) is -0.593. The number of hydrogen-bond acceptors (Lipinski definition) is 5. The molecule has 0 bridgehead atoms. The van der Waals surface area contributed by atoms with Crippen LogP contribution in [0.1, 0.15) is 41.0 Å². The highest BCUT2D eigenvalue weighted by molar-refractivity contribution is 5.71. The van der Waals surface area contributed by atoms with Gasteiger partial charge in [0.1, 0.15) is 5.60 Å². The van der Waals surface area contributed by atoms with Gasteiger partial charge < -0.3 is 19.9 Å². The van der Waals surface area contributed by atoms with Crippen molar-refractivity contribution in [3.8, 4) is 0 Å². The van der Waals surface area contributed by atoms with Gasteiger partial charge in [0.2, 0.25) is 0 Å². The molecule has 6 heteroatoms. The second-order valence-corrected chi connectivity index (χ2v) is 5.01. The Bertz CT molecular complexity index is 285. The topological polar surface area (TPSA) is 84.9 Å². The molecular weight excluding hydrogens is 238 g/mol. The molecule has 2 unspecified atom stereocenters. The minimum atomic E-state index is -1.00. The van der Waals surface area contributed by atoms with Gasteiger partial charge in [-0.3, -0.25) is 4.79 Å². The molecule has 0 aliphatic carbocycles. The summed E-state index contributed by atoms with van der Waals surface area (Å²) in [4.78, 5) is 22.6. The lowest BCUT2D eigenvalue weighted by molar-refractivity contribution is -0.145. The summed E-state index contributed by atoms with van der Waals surface area (Å²) in [7, 11) is 0. The van der Waals surface area contributed by atoms with Gasteiger partial charge in [0.15, 0.2) is 0 Å². The molecule has 0 heterocycles. The molecule has 106 valence electrons. The molecule has 0 radical (unpaired) electrons. The molecule has 2 atom stereocenters. The molecule has 0 aromatic rings. The quantitative estimate of drug-likeness (QED) is 0.727. The first-order valence-electron chi connectivity index (χ1n) is 5.99. The molecule has 0 aliphatic heterocycles. The average Bonchev–Trinajstić information content (AvgIpc) is 2.14. The number of carbonyl (C=O) groups is 2. The monoisotopic (exact) mass is 261 g/mol. The Morgan fingerprint density at radius 1 is 1.33 bits per heavy atom. The number of nitrogens with one attached hydrogen (secondary N) is 1. The van der Waals surface area contributed by atoms with Crippen molar-refractivity contribution in [3.63, 3.8) is 0 Å². The van der Waals surface area contributed by atoms with Crippen LogP contribution in [0, 0.1) is 0 Å². The maximum atomic E-state index is 11.4. The molecule has 18 heavy (non-hydrogen) atoms. The van der Waals surface area contributed by atoms with Gasteiger partial charge in [-0.1, -0.05) is 0 Å². The molecule has 0 spiro atoms. The van der Waals surface area contributed by atoms with Crippen molar-refractivity contribution in [2.45, 2.75) is 58.8 Å². The van der Waals surface area contributed by atoms with Crippen LogP contribution in [0.4, 0.5) is 4.79 Å². The SMILES string of the molecule is CCOC(=O)CC(O)C(C)NC(=O)OC(C)(C)C. The zero-order valence-corrected chi connectivity index (χ0v) is 11.6. The first-order valence-corrected chi connectivity index (χ1v) is 5.99. The van der Waals surface area contributed by atoms with E-state index in [1.54, 1.807) is 34.6 Å². The zero-order chi connectivity index (χ0) is 14.3. The minimum Gasteiger partial charge on any atom is -0.466 e. The second-order valence-electron chi connectivity index (χ2n) is 5.01. The first-order chi connectivity index (χ1) is 8.15. The number of esters is 1. The van der Waals surface area contributed by atoms with E-state index in [9.17, 15) is 14.7 Å². The Morgan fingerprint density at radius 2 is 1.89 bits per heavy atom. The third-order valence-electron chi connectivity index (χ3n) is 2.00. The van der Waals surface area contributed by atoms with E-state index in [0.29, 0.717) is 0 Å². The summed E-state index contributed by atoms with van der Waals surface area (Å²) in [6.07, 6.45) is -1.79. The molecule has 0 rings (SSSR count). The van der Waals surface area contributed by atoms with E-state index < -0.39 is 29.8 Å². The van der Waals surface area contributed by atoms with Gasteiger partial charge >= 0.3 is 12.1 Å². The molecule has 0 fully saturated rings. The van der Waals surface area contributed by atoms with Crippen molar-refractivity contribution >= 4 is 12.1 Å². The number of hydrogen-bond donors (Lipinski definition) is 2. The molecule has 0 saturated carbocycles. The predicted octanol–water partition coefficient (Wildman–Crippen LogP) is 1.21. The fraction of sp³-hybridized carbons (Fsp3) is 0.833. The van der Waals surface area contributed by atoms with Crippen LogP contribution in [0.25, 0.3) is 0 Å². The van der Waals surface area contributed by atoms with E-state index >= 15 is 0 Å². The Morgan fingerprint density at radius 3 is 2.33 bits per heavy atom. The molecular formula is C12H23NO5. The molecule has 0 aromatic carbocycles. The molecule has 6 nitrogen and oxygen atoms in total. The Balaban J connectivity index is 4.11. The first kappa shape index (κ1) is 16.7. The van der Waals surface area contributed by atoms with Gasteiger partial charge in [0, 0.05) is 0 Å². The van der Waals surface area contributed by atoms with Gasteiger partial charge in [-0.05, 0) is 34.6 Å². The molecule has 0 saturated heterocycles. The average molecular weight is 261 g/mol. The van der Waals surface area contributed by atoms with Crippen LogP contribution < -0.4 is 5.32 Å². The van der Waals surface area contributed by atoms with Crippen LogP contribution in [0.5, 0.6) is 0 Å².